The molecule has 0 N–H and O–H groups in total. The number of hydrogen-bond donors (Lipinski definition) is 0. The molecule has 1 aliphatic heterocycles. The highest BCUT2D eigenvalue weighted by Gasteiger charge is 2.42. The van der Waals surface area contributed by atoms with Crippen molar-refractivity contribution in [1.82, 2.24) is 0 Å². The summed E-state index contributed by atoms with van der Waals surface area (Å²) in [7, 11) is -0.906. The Balaban J connectivity index is 2.31. The molecule has 0 saturated carbocycles. The molecule has 0 fully saturated rings. The van der Waals surface area contributed by atoms with Crippen LogP contribution in [-0.4, -0.2) is 20.6 Å². The zero-order valence-corrected chi connectivity index (χ0v) is 26.1. The maximum absolute atomic E-state index is 7.15. The van der Waals surface area contributed by atoms with E-state index in [1.54, 1.807) is 0 Å². The zero-order valence-electron chi connectivity index (χ0n) is 24.3. The first-order chi connectivity index (χ1) is 15.2. The summed E-state index contributed by atoms with van der Waals surface area (Å²) < 4.78 is 7.15. The number of rotatable bonds is 2. The van der Waals surface area contributed by atoms with Gasteiger partial charge in [0.2, 0.25) is 0 Å². The van der Waals surface area contributed by atoms with E-state index >= 15 is 0 Å². The number of benzene rings is 2. The van der Waals surface area contributed by atoms with E-state index in [2.05, 4.69) is 121 Å². The topological polar surface area (TPSA) is 9.23 Å². The van der Waals surface area contributed by atoms with Crippen molar-refractivity contribution in [2.75, 3.05) is 0 Å². The minimum absolute atomic E-state index is 0.190. The molecular weight excluding hydrogens is 450 g/mol. The van der Waals surface area contributed by atoms with Crippen molar-refractivity contribution in [3.05, 3.63) is 46.5 Å². The van der Waals surface area contributed by atoms with Gasteiger partial charge in [0.15, 0.2) is 0 Å². The smallest absolute Gasteiger partial charge is 0.138 e. The highest BCUT2D eigenvalue weighted by atomic mass is 31.1. The Labute approximate surface area is 213 Å². The summed E-state index contributed by atoms with van der Waals surface area (Å²) in [5, 5.41) is 3.65. The predicted molar refractivity (Wildman–Crippen MR) is 157 cm³/mol. The molecule has 3 heteroatoms. The molecule has 0 saturated heterocycles. The SMILES string of the molecule is Cc1cc(P(C(C)(C)C)C(C)(C)C)c2c(c1C)Cc1cccc(P(C(C)(C)C)C(C)(C)C)c1O2. The summed E-state index contributed by atoms with van der Waals surface area (Å²) in [5.41, 5.74) is 5.53. The number of para-hydroxylation sites is 1. The van der Waals surface area contributed by atoms with Crippen LogP contribution < -0.4 is 15.3 Å². The number of hydrogen-bond acceptors (Lipinski definition) is 1. The number of fused-ring (bicyclic) bond motifs is 2. The fourth-order valence-electron chi connectivity index (χ4n) is 6.19. The molecule has 0 atom stereocenters. The molecule has 1 heterocycles. The van der Waals surface area contributed by atoms with Crippen molar-refractivity contribution in [2.45, 2.75) is 124 Å². The minimum Gasteiger partial charge on any atom is -0.455 e. The summed E-state index contributed by atoms with van der Waals surface area (Å²) in [6, 6.07) is 9.36. The van der Waals surface area contributed by atoms with Crippen molar-refractivity contribution >= 4 is 26.5 Å². The second kappa shape index (κ2) is 8.89. The summed E-state index contributed by atoms with van der Waals surface area (Å²) in [6.07, 6.45) is 0.966. The Kier molecular flexibility index (Phi) is 7.24. The second-order valence-electron chi connectivity index (χ2n) is 14.0. The van der Waals surface area contributed by atoms with Crippen molar-refractivity contribution in [3.8, 4) is 11.5 Å². The van der Waals surface area contributed by atoms with Gasteiger partial charge >= 0.3 is 0 Å². The van der Waals surface area contributed by atoms with E-state index in [4.69, 9.17) is 4.74 Å². The third-order valence-corrected chi connectivity index (χ3v) is 13.7. The fraction of sp³-hybridized carbons (Fsp3) is 0.613. The highest BCUT2D eigenvalue weighted by molar-refractivity contribution is 7.69. The summed E-state index contributed by atoms with van der Waals surface area (Å²) in [5.74, 6) is 2.31. The van der Waals surface area contributed by atoms with E-state index < -0.39 is 15.8 Å². The Morgan fingerprint density at radius 1 is 0.647 bits per heavy atom. The predicted octanol–water partition coefficient (Wildman–Crippen LogP) is 9.41. The lowest BCUT2D eigenvalue weighted by atomic mass is 9.94. The van der Waals surface area contributed by atoms with Crippen LogP contribution in [0, 0.1) is 13.8 Å². The van der Waals surface area contributed by atoms with Gasteiger partial charge in [-0.25, -0.2) is 0 Å². The Bertz CT molecular complexity index is 1040. The van der Waals surface area contributed by atoms with Gasteiger partial charge in [-0.1, -0.05) is 117 Å². The van der Waals surface area contributed by atoms with Crippen molar-refractivity contribution in [3.63, 3.8) is 0 Å². The van der Waals surface area contributed by atoms with Gasteiger partial charge in [0.05, 0.1) is 0 Å². The van der Waals surface area contributed by atoms with E-state index in [1.807, 2.05) is 0 Å². The van der Waals surface area contributed by atoms with Crippen LogP contribution in [0.15, 0.2) is 24.3 Å². The molecular formula is C31H48OP2. The maximum Gasteiger partial charge on any atom is 0.138 e. The first kappa shape index (κ1) is 27.7. The molecule has 2 aromatic rings. The first-order valence-corrected chi connectivity index (χ1v) is 15.5. The summed E-state index contributed by atoms with van der Waals surface area (Å²) in [4.78, 5) is 0. The van der Waals surface area contributed by atoms with Gasteiger partial charge in [-0.15, -0.1) is 0 Å². The van der Waals surface area contributed by atoms with E-state index in [0.29, 0.717) is 0 Å². The summed E-state index contributed by atoms with van der Waals surface area (Å²) in [6.45, 7) is 33.4. The van der Waals surface area contributed by atoms with E-state index in [0.717, 1.165) is 17.9 Å². The van der Waals surface area contributed by atoms with Gasteiger partial charge in [-0.3, -0.25) is 0 Å². The van der Waals surface area contributed by atoms with E-state index in [9.17, 15) is 0 Å². The molecule has 34 heavy (non-hydrogen) atoms. The lowest BCUT2D eigenvalue weighted by Gasteiger charge is -2.45. The molecule has 0 bridgehead atoms. The van der Waals surface area contributed by atoms with E-state index in [1.165, 1.54) is 32.9 Å². The fourth-order valence-corrected chi connectivity index (χ4v) is 14.4. The highest BCUT2D eigenvalue weighted by Crippen LogP contribution is 2.63. The van der Waals surface area contributed by atoms with Crippen molar-refractivity contribution < 1.29 is 4.74 Å². The van der Waals surface area contributed by atoms with Crippen LogP contribution in [-0.2, 0) is 6.42 Å². The van der Waals surface area contributed by atoms with Gasteiger partial charge in [-0.2, -0.15) is 0 Å². The van der Waals surface area contributed by atoms with Crippen LogP contribution in [0.4, 0.5) is 0 Å². The third-order valence-electron chi connectivity index (χ3n) is 6.72. The van der Waals surface area contributed by atoms with Gasteiger partial charge in [0.1, 0.15) is 11.5 Å². The van der Waals surface area contributed by atoms with Crippen LogP contribution in [0.1, 0.15) is 105 Å². The summed E-state index contributed by atoms with van der Waals surface area (Å²) >= 11 is 0. The molecule has 0 aromatic heterocycles. The van der Waals surface area contributed by atoms with Crippen LogP contribution in [0.5, 0.6) is 11.5 Å². The average Bonchev–Trinajstić information content (AvgIpc) is 2.60. The molecule has 2 aromatic carbocycles. The standard InChI is InChI=1S/C31H48OP2/c1-20-18-25(34(30(9,10)11)31(12,13)14)27-23(21(20)2)19-22-16-15-17-24(26(22)32-27)33(28(3,4)5)29(6,7)8/h15-18H,19H2,1-14H3. The molecule has 1 nitrogen and oxygen atoms in total. The molecule has 1 aliphatic rings. The van der Waals surface area contributed by atoms with Gasteiger partial charge in [0, 0.05) is 22.6 Å². The number of ether oxygens (including phenoxy) is 1. The maximum atomic E-state index is 7.15. The Morgan fingerprint density at radius 3 is 1.59 bits per heavy atom. The lowest BCUT2D eigenvalue weighted by molar-refractivity contribution is 0.466. The van der Waals surface area contributed by atoms with E-state index in [-0.39, 0.29) is 20.6 Å². The van der Waals surface area contributed by atoms with Gasteiger partial charge < -0.3 is 4.74 Å². The normalized spacial score (nSPS) is 14.8. The van der Waals surface area contributed by atoms with Gasteiger partial charge in [0.25, 0.3) is 0 Å². The molecule has 0 radical (unpaired) electrons. The van der Waals surface area contributed by atoms with Crippen LogP contribution >= 0.6 is 15.8 Å². The Hall–Kier alpha value is -0.900. The Morgan fingerprint density at radius 2 is 1.12 bits per heavy atom. The molecule has 3 rings (SSSR count). The van der Waals surface area contributed by atoms with Crippen molar-refractivity contribution in [1.29, 1.82) is 0 Å². The lowest BCUT2D eigenvalue weighted by Crippen LogP contribution is -2.34. The third kappa shape index (κ3) is 5.27. The second-order valence-corrected chi connectivity index (χ2v) is 21.7. The quantitative estimate of drug-likeness (QED) is 0.320. The van der Waals surface area contributed by atoms with Gasteiger partial charge in [-0.05, 0) is 57.2 Å². The van der Waals surface area contributed by atoms with Crippen LogP contribution in [0.3, 0.4) is 0 Å². The zero-order chi connectivity index (χ0) is 26.0. The monoisotopic (exact) mass is 498 g/mol. The molecule has 0 unspecified atom stereocenters. The average molecular weight is 499 g/mol. The first-order valence-electron chi connectivity index (χ1n) is 12.8. The van der Waals surface area contributed by atoms with Crippen molar-refractivity contribution in [2.24, 2.45) is 0 Å². The molecule has 0 amide bonds. The van der Waals surface area contributed by atoms with Crippen LogP contribution in [0.25, 0.3) is 0 Å². The number of aryl methyl sites for hydroxylation is 1. The molecule has 188 valence electrons. The minimum atomic E-state index is -0.460. The molecule has 0 aliphatic carbocycles. The van der Waals surface area contributed by atoms with Crippen LogP contribution in [0.2, 0.25) is 0 Å². The largest absolute Gasteiger partial charge is 0.455 e. The molecule has 0 spiro atoms.